The first kappa shape index (κ1) is 18.5. The number of benzene rings is 1. The molecule has 1 amide bonds. The van der Waals surface area contributed by atoms with E-state index in [4.69, 9.17) is 9.26 Å². The summed E-state index contributed by atoms with van der Waals surface area (Å²) in [5.41, 5.74) is 0.791. The van der Waals surface area contributed by atoms with E-state index in [1.165, 1.54) is 12.1 Å². The van der Waals surface area contributed by atoms with Gasteiger partial charge in [0.2, 0.25) is 11.8 Å². The maximum atomic E-state index is 13.6. The van der Waals surface area contributed by atoms with Gasteiger partial charge in [0.15, 0.2) is 5.82 Å². The van der Waals surface area contributed by atoms with Crippen LogP contribution < -0.4 is 5.32 Å². The number of carbonyl (C=O) groups is 1. The molecule has 1 saturated heterocycles. The van der Waals surface area contributed by atoms with E-state index in [2.05, 4.69) is 15.5 Å². The number of hydrogen-bond donors (Lipinski definition) is 1. The van der Waals surface area contributed by atoms with E-state index in [-0.39, 0.29) is 30.3 Å². The third kappa shape index (κ3) is 4.25. The standard InChI is InChI=1S/C18H23FN4O3/c1-12(25-2)18-21-16(26-22-18)6-7-17(24)23-9-8-20-11-15(23)13-4-3-5-14(19)10-13/h3-5,10,12,15,20H,6-9,11H2,1-2H3. The average Bonchev–Trinajstić information content (AvgIpc) is 3.14. The van der Waals surface area contributed by atoms with Crippen LogP contribution in [0.15, 0.2) is 28.8 Å². The summed E-state index contributed by atoms with van der Waals surface area (Å²) < 4.78 is 23.9. The Bertz CT molecular complexity index is 752. The van der Waals surface area contributed by atoms with Crippen molar-refractivity contribution >= 4 is 5.91 Å². The quantitative estimate of drug-likeness (QED) is 0.847. The van der Waals surface area contributed by atoms with Crippen LogP contribution >= 0.6 is 0 Å². The summed E-state index contributed by atoms with van der Waals surface area (Å²) in [5.74, 6) is 0.566. The van der Waals surface area contributed by atoms with Crippen LogP contribution in [-0.2, 0) is 16.0 Å². The van der Waals surface area contributed by atoms with Crippen molar-refractivity contribution in [2.24, 2.45) is 0 Å². The van der Waals surface area contributed by atoms with Gasteiger partial charge in [0, 0.05) is 39.6 Å². The van der Waals surface area contributed by atoms with Crippen molar-refractivity contribution in [2.75, 3.05) is 26.7 Å². The number of carbonyl (C=O) groups excluding carboxylic acids is 1. The monoisotopic (exact) mass is 362 g/mol. The Hall–Kier alpha value is -2.32. The largest absolute Gasteiger partial charge is 0.374 e. The van der Waals surface area contributed by atoms with E-state index < -0.39 is 0 Å². The molecule has 1 aromatic carbocycles. The van der Waals surface area contributed by atoms with Crippen LogP contribution in [0.2, 0.25) is 0 Å². The van der Waals surface area contributed by atoms with Crippen LogP contribution in [-0.4, -0.2) is 47.7 Å². The highest BCUT2D eigenvalue weighted by Crippen LogP contribution is 2.24. The maximum Gasteiger partial charge on any atom is 0.227 e. The van der Waals surface area contributed by atoms with Gasteiger partial charge in [-0.2, -0.15) is 4.98 Å². The van der Waals surface area contributed by atoms with Crippen LogP contribution in [0, 0.1) is 5.82 Å². The second-order valence-electron chi connectivity index (χ2n) is 6.29. The molecular weight excluding hydrogens is 339 g/mol. The van der Waals surface area contributed by atoms with Crippen LogP contribution in [0.4, 0.5) is 4.39 Å². The minimum absolute atomic E-state index is 0.0136. The van der Waals surface area contributed by atoms with Gasteiger partial charge in [0.25, 0.3) is 0 Å². The Labute approximate surface area is 151 Å². The lowest BCUT2D eigenvalue weighted by Crippen LogP contribution is -2.48. The van der Waals surface area contributed by atoms with E-state index in [0.717, 1.165) is 5.56 Å². The molecule has 3 rings (SSSR count). The zero-order valence-electron chi connectivity index (χ0n) is 14.9. The number of nitrogens with one attached hydrogen (secondary N) is 1. The molecule has 1 N–H and O–H groups in total. The molecule has 140 valence electrons. The second-order valence-corrected chi connectivity index (χ2v) is 6.29. The molecule has 2 atom stereocenters. The Morgan fingerprint density at radius 3 is 3.15 bits per heavy atom. The molecule has 8 heteroatoms. The van der Waals surface area contributed by atoms with Crippen molar-refractivity contribution in [1.29, 1.82) is 0 Å². The van der Waals surface area contributed by atoms with Crippen LogP contribution in [0.25, 0.3) is 0 Å². The fourth-order valence-electron chi connectivity index (χ4n) is 3.01. The normalized spacial score (nSPS) is 18.7. The number of rotatable bonds is 6. The highest BCUT2D eigenvalue weighted by atomic mass is 19.1. The first-order chi connectivity index (χ1) is 12.6. The Morgan fingerprint density at radius 2 is 2.38 bits per heavy atom. The SMILES string of the molecule is COC(C)c1noc(CCC(=O)N2CCNCC2c2cccc(F)c2)n1. The topological polar surface area (TPSA) is 80.5 Å². The fraction of sp³-hybridized carbons (Fsp3) is 0.500. The highest BCUT2D eigenvalue weighted by Gasteiger charge is 2.28. The van der Waals surface area contributed by atoms with Crippen molar-refractivity contribution in [1.82, 2.24) is 20.4 Å². The number of halogens is 1. The molecule has 1 aliphatic rings. The van der Waals surface area contributed by atoms with E-state index in [1.54, 1.807) is 18.1 Å². The molecule has 0 bridgehead atoms. The van der Waals surface area contributed by atoms with Crippen molar-refractivity contribution in [3.63, 3.8) is 0 Å². The van der Waals surface area contributed by atoms with Crippen molar-refractivity contribution < 1.29 is 18.4 Å². The zero-order chi connectivity index (χ0) is 18.5. The fourth-order valence-corrected chi connectivity index (χ4v) is 3.01. The molecule has 0 saturated carbocycles. The van der Waals surface area contributed by atoms with Crippen molar-refractivity contribution in [3.8, 4) is 0 Å². The van der Waals surface area contributed by atoms with Gasteiger partial charge >= 0.3 is 0 Å². The van der Waals surface area contributed by atoms with Gasteiger partial charge in [0.1, 0.15) is 11.9 Å². The molecule has 1 aromatic heterocycles. The summed E-state index contributed by atoms with van der Waals surface area (Å²) in [6, 6.07) is 6.21. The van der Waals surface area contributed by atoms with E-state index in [1.807, 2.05) is 13.0 Å². The molecule has 7 nitrogen and oxygen atoms in total. The Balaban J connectivity index is 1.64. The lowest BCUT2D eigenvalue weighted by molar-refractivity contribution is -0.134. The average molecular weight is 362 g/mol. The predicted octanol–water partition coefficient (Wildman–Crippen LogP) is 2.02. The lowest BCUT2D eigenvalue weighted by Gasteiger charge is -2.36. The van der Waals surface area contributed by atoms with Crippen LogP contribution in [0.1, 0.15) is 42.8 Å². The second kappa shape index (κ2) is 8.37. The lowest BCUT2D eigenvalue weighted by atomic mass is 10.0. The summed E-state index contributed by atoms with van der Waals surface area (Å²) in [6.07, 6.45) is 0.366. The first-order valence-corrected chi connectivity index (χ1v) is 8.69. The van der Waals surface area contributed by atoms with Gasteiger partial charge in [0.05, 0.1) is 6.04 Å². The zero-order valence-corrected chi connectivity index (χ0v) is 14.9. The van der Waals surface area contributed by atoms with Crippen molar-refractivity contribution in [3.05, 3.63) is 47.4 Å². The van der Waals surface area contributed by atoms with E-state index in [9.17, 15) is 9.18 Å². The van der Waals surface area contributed by atoms with Crippen LogP contribution in [0.3, 0.4) is 0 Å². The van der Waals surface area contributed by atoms with Gasteiger partial charge in [-0.05, 0) is 24.6 Å². The molecule has 2 unspecified atom stereocenters. The van der Waals surface area contributed by atoms with Gasteiger partial charge < -0.3 is 19.5 Å². The minimum atomic E-state index is -0.300. The highest BCUT2D eigenvalue weighted by molar-refractivity contribution is 5.77. The van der Waals surface area contributed by atoms with Crippen LogP contribution in [0.5, 0.6) is 0 Å². The molecule has 26 heavy (non-hydrogen) atoms. The minimum Gasteiger partial charge on any atom is -0.374 e. The third-order valence-electron chi connectivity index (χ3n) is 4.55. The summed E-state index contributed by atoms with van der Waals surface area (Å²) >= 11 is 0. The van der Waals surface area contributed by atoms with Crippen molar-refractivity contribution in [2.45, 2.75) is 31.9 Å². The number of aromatic nitrogens is 2. The van der Waals surface area contributed by atoms with Gasteiger partial charge in [-0.25, -0.2) is 4.39 Å². The number of methoxy groups -OCH3 is 1. The first-order valence-electron chi connectivity index (χ1n) is 8.69. The smallest absolute Gasteiger partial charge is 0.227 e. The van der Waals surface area contributed by atoms with Gasteiger partial charge in [-0.3, -0.25) is 4.79 Å². The number of ether oxygens (including phenoxy) is 1. The number of amides is 1. The number of aryl methyl sites for hydroxylation is 1. The molecule has 2 heterocycles. The number of hydrogen-bond acceptors (Lipinski definition) is 6. The molecule has 0 aliphatic carbocycles. The summed E-state index contributed by atoms with van der Waals surface area (Å²) in [6.45, 7) is 3.72. The van der Waals surface area contributed by atoms with E-state index in [0.29, 0.717) is 37.8 Å². The third-order valence-corrected chi connectivity index (χ3v) is 4.55. The molecule has 0 radical (unpaired) electrons. The Kier molecular flexibility index (Phi) is 5.95. The molecule has 1 aliphatic heterocycles. The summed E-state index contributed by atoms with van der Waals surface area (Å²) in [4.78, 5) is 18.8. The summed E-state index contributed by atoms with van der Waals surface area (Å²) in [7, 11) is 1.57. The molecule has 0 spiro atoms. The molecule has 1 fully saturated rings. The summed E-state index contributed by atoms with van der Waals surface area (Å²) in [5, 5.41) is 7.12. The number of piperazine rings is 1. The predicted molar refractivity (Wildman–Crippen MR) is 91.8 cm³/mol. The molecule has 2 aromatic rings. The number of nitrogens with zero attached hydrogens (tertiary/aromatic N) is 3. The Morgan fingerprint density at radius 1 is 1.54 bits per heavy atom. The molecular formula is C18H23FN4O3. The van der Waals surface area contributed by atoms with E-state index >= 15 is 0 Å². The maximum absolute atomic E-state index is 13.6. The van der Waals surface area contributed by atoms with Gasteiger partial charge in [-0.15, -0.1) is 0 Å². The van der Waals surface area contributed by atoms with Gasteiger partial charge in [-0.1, -0.05) is 17.3 Å².